The first kappa shape index (κ1) is 14.8. The number of amides is 1. The molecule has 3 nitrogen and oxygen atoms in total. The maximum Gasteiger partial charge on any atom is 0.255 e. The molecule has 1 aromatic carbocycles. The molecule has 1 aliphatic rings. The fourth-order valence-corrected chi connectivity index (χ4v) is 3.04. The molecule has 2 rings (SSSR count). The molecule has 1 amide bonds. The predicted octanol–water partition coefficient (Wildman–Crippen LogP) is 3.30. The molecule has 0 aliphatic carbocycles. The van der Waals surface area contributed by atoms with Crippen molar-refractivity contribution in [3.05, 3.63) is 33.3 Å². The summed E-state index contributed by atoms with van der Waals surface area (Å²) in [6, 6.07) is 5.41. The lowest BCUT2D eigenvalue weighted by Crippen LogP contribution is -2.45. The highest BCUT2D eigenvalue weighted by atomic mass is 79.9. The summed E-state index contributed by atoms with van der Waals surface area (Å²) in [6.45, 7) is 3.53. The fraction of sp³-hybridized carbons (Fsp3) is 0.500. The molecule has 0 radical (unpaired) electrons. The van der Waals surface area contributed by atoms with E-state index in [4.69, 9.17) is 17.3 Å². The number of carbonyl (C=O) groups excluding carboxylic acids is 1. The van der Waals surface area contributed by atoms with Gasteiger partial charge in [0.25, 0.3) is 5.91 Å². The van der Waals surface area contributed by atoms with Crippen LogP contribution >= 0.6 is 27.5 Å². The number of hydrogen-bond acceptors (Lipinski definition) is 2. The monoisotopic (exact) mass is 344 g/mol. The van der Waals surface area contributed by atoms with Crippen molar-refractivity contribution >= 4 is 33.4 Å². The molecule has 0 saturated carbocycles. The van der Waals surface area contributed by atoms with Crippen molar-refractivity contribution in [3.8, 4) is 0 Å². The number of benzene rings is 1. The van der Waals surface area contributed by atoms with E-state index in [0.717, 1.165) is 30.4 Å². The van der Waals surface area contributed by atoms with Gasteiger partial charge in [-0.15, -0.1) is 0 Å². The van der Waals surface area contributed by atoms with Gasteiger partial charge in [0.15, 0.2) is 0 Å². The topological polar surface area (TPSA) is 46.3 Å². The van der Waals surface area contributed by atoms with Crippen LogP contribution in [-0.2, 0) is 0 Å². The van der Waals surface area contributed by atoms with Crippen LogP contribution in [0.25, 0.3) is 0 Å². The Hall–Kier alpha value is -0.580. The van der Waals surface area contributed by atoms with Gasteiger partial charge in [-0.3, -0.25) is 4.79 Å². The highest BCUT2D eigenvalue weighted by Crippen LogP contribution is 2.25. The summed E-state index contributed by atoms with van der Waals surface area (Å²) in [5.41, 5.74) is 6.58. The van der Waals surface area contributed by atoms with Crippen LogP contribution < -0.4 is 5.73 Å². The number of rotatable bonds is 2. The highest BCUT2D eigenvalue weighted by molar-refractivity contribution is 9.10. The van der Waals surface area contributed by atoms with Crippen molar-refractivity contribution in [1.82, 2.24) is 4.90 Å². The smallest absolute Gasteiger partial charge is 0.255 e. The normalized spacial score (nSPS) is 21.3. The Morgan fingerprint density at radius 1 is 1.58 bits per heavy atom. The number of halogens is 2. The third kappa shape index (κ3) is 3.50. The predicted molar refractivity (Wildman–Crippen MR) is 81.4 cm³/mol. The minimum atomic E-state index is 0.0275. The first-order valence-corrected chi connectivity index (χ1v) is 7.66. The molecular formula is C14H18BrClN2O. The molecule has 0 unspecified atom stereocenters. The molecule has 0 spiro atoms. The molecule has 0 aromatic heterocycles. The summed E-state index contributed by atoms with van der Waals surface area (Å²) in [5, 5.41) is 0.576. The van der Waals surface area contributed by atoms with Gasteiger partial charge in [0.05, 0.1) is 5.56 Å². The maximum absolute atomic E-state index is 12.5. The summed E-state index contributed by atoms with van der Waals surface area (Å²) in [5.74, 6) is 0.412. The van der Waals surface area contributed by atoms with Crippen molar-refractivity contribution in [2.24, 2.45) is 11.7 Å². The number of piperidine rings is 1. The second kappa shape index (κ2) is 6.25. The van der Waals surface area contributed by atoms with E-state index >= 15 is 0 Å². The fourth-order valence-electron chi connectivity index (χ4n) is 2.46. The second-order valence-electron chi connectivity index (χ2n) is 5.14. The molecular weight excluding hydrogens is 328 g/mol. The molecule has 1 saturated heterocycles. The molecule has 104 valence electrons. The Kier molecular flexibility index (Phi) is 4.87. The molecule has 5 heteroatoms. The Labute approximate surface area is 127 Å². The Morgan fingerprint density at radius 3 is 3.00 bits per heavy atom. The van der Waals surface area contributed by atoms with E-state index in [1.165, 1.54) is 0 Å². The number of likely N-dealkylation sites (tertiary alicyclic amines) is 1. The maximum atomic E-state index is 12.5. The lowest BCUT2D eigenvalue weighted by Gasteiger charge is -2.34. The first-order chi connectivity index (χ1) is 8.99. The van der Waals surface area contributed by atoms with Crippen molar-refractivity contribution in [3.63, 3.8) is 0 Å². The van der Waals surface area contributed by atoms with Crippen LogP contribution in [0.15, 0.2) is 22.7 Å². The zero-order chi connectivity index (χ0) is 14.0. The minimum Gasteiger partial charge on any atom is -0.338 e. The van der Waals surface area contributed by atoms with E-state index < -0.39 is 0 Å². The zero-order valence-corrected chi connectivity index (χ0v) is 13.2. The summed E-state index contributed by atoms with van der Waals surface area (Å²) in [4.78, 5) is 14.4. The molecule has 1 aromatic rings. The van der Waals surface area contributed by atoms with Crippen LogP contribution in [0.5, 0.6) is 0 Å². The summed E-state index contributed by atoms with van der Waals surface area (Å²) < 4.78 is 0.782. The van der Waals surface area contributed by atoms with Gasteiger partial charge in [0, 0.05) is 28.6 Å². The van der Waals surface area contributed by atoms with Crippen LogP contribution in [0.2, 0.25) is 5.02 Å². The van der Waals surface area contributed by atoms with Crippen LogP contribution in [0.1, 0.15) is 30.1 Å². The number of carbonyl (C=O) groups is 1. The molecule has 2 atom stereocenters. The van der Waals surface area contributed by atoms with Crippen LogP contribution in [0.3, 0.4) is 0 Å². The van der Waals surface area contributed by atoms with Gasteiger partial charge in [0.1, 0.15) is 0 Å². The van der Waals surface area contributed by atoms with E-state index in [-0.39, 0.29) is 11.9 Å². The third-order valence-corrected chi connectivity index (χ3v) is 4.57. The summed E-state index contributed by atoms with van der Waals surface area (Å²) in [6.07, 6.45) is 2.11. The van der Waals surface area contributed by atoms with Crippen LogP contribution in [0.4, 0.5) is 0 Å². The van der Waals surface area contributed by atoms with Gasteiger partial charge in [-0.25, -0.2) is 0 Å². The lowest BCUT2D eigenvalue weighted by molar-refractivity contribution is 0.0660. The van der Waals surface area contributed by atoms with Gasteiger partial charge >= 0.3 is 0 Å². The Bertz CT molecular complexity index is 479. The average Bonchev–Trinajstić information content (AvgIpc) is 2.41. The van der Waals surface area contributed by atoms with Crippen molar-refractivity contribution in [2.75, 3.05) is 13.1 Å². The highest BCUT2D eigenvalue weighted by Gasteiger charge is 2.27. The number of nitrogens with zero attached hydrogens (tertiary/aromatic N) is 1. The van der Waals surface area contributed by atoms with Gasteiger partial charge in [-0.2, -0.15) is 0 Å². The first-order valence-electron chi connectivity index (χ1n) is 6.49. The van der Waals surface area contributed by atoms with Crippen molar-refractivity contribution < 1.29 is 4.79 Å². The number of hydrogen-bond donors (Lipinski definition) is 1. The summed E-state index contributed by atoms with van der Waals surface area (Å²) in [7, 11) is 0. The molecule has 1 aliphatic heterocycles. The van der Waals surface area contributed by atoms with Gasteiger partial charge in [-0.05, 0) is 59.8 Å². The second-order valence-corrected chi connectivity index (χ2v) is 6.43. The Balaban J connectivity index is 2.17. The minimum absolute atomic E-state index is 0.0275. The molecule has 1 fully saturated rings. The van der Waals surface area contributed by atoms with Crippen molar-refractivity contribution in [2.45, 2.75) is 25.8 Å². The quantitative estimate of drug-likeness (QED) is 0.894. The van der Waals surface area contributed by atoms with E-state index in [1.54, 1.807) is 12.1 Å². The standard InChI is InChI=1S/C14H18BrClN2O/c1-9(17)10-3-2-6-18(8-10)14(19)12-7-11(16)4-5-13(12)15/h4-5,7,9-10H,2-3,6,8,17H2,1H3/t9-,10-/m0/s1. The molecule has 19 heavy (non-hydrogen) atoms. The van der Waals surface area contributed by atoms with E-state index in [1.807, 2.05) is 17.9 Å². The van der Waals surface area contributed by atoms with E-state index in [9.17, 15) is 4.79 Å². The van der Waals surface area contributed by atoms with Crippen LogP contribution in [-0.4, -0.2) is 29.9 Å². The zero-order valence-electron chi connectivity index (χ0n) is 10.9. The van der Waals surface area contributed by atoms with E-state index in [2.05, 4.69) is 15.9 Å². The SMILES string of the molecule is C[C@H](N)[C@H]1CCCN(C(=O)c2cc(Cl)ccc2Br)C1. The molecule has 0 bridgehead atoms. The third-order valence-electron chi connectivity index (χ3n) is 3.65. The summed E-state index contributed by atoms with van der Waals surface area (Å²) >= 11 is 9.38. The largest absolute Gasteiger partial charge is 0.338 e. The lowest BCUT2D eigenvalue weighted by atomic mass is 9.92. The molecule has 1 heterocycles. The average molecular weight is 346 g/mol. The van der Waals surface area contributed by atoms with E-state index in [0.29, 0.717) is 16.5 Å². The van der Waals surface area contributed by atoms with Crippen LogP contribution in [0, 0.1) is 5.92 Å². The van der Waals surface area contributed by atoms with Gasteiger partial charge in [-0.1, -0.05) is 11.6 Å². The van der Waals surface area contributed by atoms with Gasteiger partial charge in [0.2, 0.25) is 0 Å². The number of nitrogens with two attached hydrogens (primary N) is 1. The van der Waals surface area contributed by atoms with Gasteiger partial charge < -0.3 is 10.6 Å². The molecule has 2 N–H and O–H groups in total. The Morgan fingerprint density at radius 2 is 2.32 bits per heavy atom. The van der Waals surface area contributed by atoms with Crippen molar-refractivity contribution in [1.29, 1.82) is 0 Å².